The summed E-state index contributed by atoms with van der Waals surface area (Å²) >= 11 is 7.16. The summed E-state index contributed by atoms with van der Waals surface area (Å²) in [5.41, 5.74) is 1.92. The maximum Gasteiger partial charge on any atom is 0.277 e. The normalized spacial score (nSPS) is 16.2. The van der Waals surface area contributed by atoms with Crippen LogP contribution in [0.15, 0.2) is 58.2 Å². The van der Waals surface area contributed by atoms with Gasteiger partial charge in [-0.25, -0.2) is 0 Å². The maximum atomic E-state index is 12.8. The zero-order chi connectivity index (χ0) is 20.2. The van der Waals surface area contributed by atoms with Gasteiger partial charge >= 0.3 is 0 Å². The van der Waals surface area contributed by atoms with Crippen LogP contribution in [0.25, 0.3) is 11.5 Å². The fraction of sp³-hybridized carbons (Fsp3) is 0.286. The fourth-order valence-corrected chi connectivity index (χ4v) is 4.20. The highest BCUT2D eigenvalue weighted by Crippen LogP contribution is 2.34. The molecule has 0 bridgehead atoms. The van der Waals surface area contributed by atoms with E-state index in [9.17, 15) is 4.79 Å². The van der Waals surface area contributed by atoms with Crippen molar-refractivity contribution in [1.29, 1.82) is 0 Å². The number of likely N-dealkylation sites (tertiary alicyclic amines) is 1. The van der Waals surface area contributed by atoms with Gasteiger partial charge in [0.05, 0.1) is 18.9 Å². The monoisotopic (exact) mass is 429 g/mol. The predicted molar refractivity (Wildman–Crippen MR) is 112 cm³/mol. The number of carbonyl (C=O) groups excluding carboxylic acids is 1. The summed E-state index contributed by atoms with van der Waals surface area (Å²) in [5, 5.41) is 9.11. The summed E-state index contributed by atoms with van der Waals surface area (Å²) in [7, 11) is 1.65. The number of hydrogen-bond acceptors (Lipinski definition) is 6. The number of rotatable bonds is 6. The van der Waals surface area contributed by atoms with Crippen molar-refractivity contribution in [1.82, 2.24) is 15.1 Å². The molecule has 2 aromatic carbocycles. The number of thioether (sulfide) groups is 1. The van der Waals surface area contributed by atoms with Gasteiger partial charge in [0.2, 0.25) is 11.8 Å². The Bertz CT molecular complexity index is 976. The minimum absolute atomic E-state index is 0.0690. The minimum Gasteiger partial charge on any atom is -0.497 e. The molecule has 1 aliphatic heterocycles. The molecule has 1 aromatic heterocycles. The van der Waals surface area contributed by atoms with E-state index in [1.807, 2.05) is 41.3 Å². The number of methoxy groups -OCH3 is 1. The lowest BCUT2D eigenvalue weighted by molar-refractivity contribution is -0.129. The fourth-order valence-electron chi connectivity index (χ4n) is 3.42. The van der Waals surface area contributed by atoms with E-state index in [0.717, 1.165) is 36.3 Å². The van der Waals surface area contributed by atoms with E-state index in [0.29, 0.717) is 16.1 Å². The first-order valence-corrected chi connectivity index (χ1v) is 10.7. The predicted octanol–water partition coefficient (Wildman–Crippen LogP) is 4.85. The third-order valence-electron chi connectivity index (χ3n) is 4.89. The van der Waals surface area contributed by atoms with Gasteiger partial charge in [0.1, 0.15) is 5.75 Å². The average molecular weight is 430 g/mol. The minimum atomic E-state index is 0.0690. The molecule has 1 aliphatic rings. The van der Waals surface area contributed by atoms with Crippen molar-refractivity contribution in [2.45, 2.75) is 24.1 Å². The first-order valence-electron chi connectivity index (χ1n) is 9.29. The van der Waals surface area contributed by atoms with Crippen molar-refractivity contribution < 1.29 is 13.9 Å². The summed E-state index contributed by atoms with van der Waals surface area (Å²) in [6, 6.07) is 15.2. The van der Waals surface area contributed by atoms with Crippen LogP contribution in [-0.4, -0.2) is 40.4 Å². The summed E-state index contributed by atoms with van der Waals surface area (Å²) in [6.07, 6.45) is 1.96. The Kier molecular flexibility index (Phi) is 6.06. The second kappa shape index (κ2) is 8.88. The standard InChI is InChI=1S/C21H20ClN3O3S/c1-27-17-10-6-14(7-11-17)18-3-2-12-25(18)19(26)13-29-21-24-23-20(28-21)15-4-8-16(22)9-5-15/h4-11,18H,2-3,12-13H2,1H3. The third-order valence-corrected chi connectivity index (χ3v) is 5.95. The highest BCUT2D eigenvalue weighted by molar-refractivity contribution is 7.99. The first kappa shape index (κ1) is 19.8. The van der Waals surface area contributed by atoms with Gasteiger partial charge in [0.15, 0.2) is 0 Å². The van der Waals surface area contributed by atoms with Crippen molar-refractivity contribution in [2.24, 2.45) is 0 Å². The van der Waals surface area contributed by atoms with Crippen LogP contribution < -0.4 is 4.74 Å². The van der Waals surface area contributed by atoms with E-state index >= 15 is 0 Å². The molecule has 1 fully saturated rings. The Morgan fingerprint density at radius 2 is 1.97 bits per heavy atom. The van der Waals surface area contributed by atoms with E-state index in [1.54, 1.807) is 19.2 Å². The SMILES string of the molecule is COc1ccc(C2CCCN2C(=O)CSc2nnc(-c3ccc(Cl)cc3)o2)cc1. The number of benzene rings is 2. The van der Waals surface area contributed by atoms with Crippen molar-refractivity contribution in [2.75, 3.05) is 19.4 Å². The molecule has 0 saturated carbocycles. The molecule has 2 heterocycles. The van der Waals surface area contributed by atoms with Crippen molar-refractivity contribution in [3.8, 4) is 17.2 Å². The van der Waals surface area contributed by atoms with Gasteiger partial charge in [-0.3, -0.25) is 4.79 Å². The molecule has 1 atom stereocenters. The highest BCUT2D eigenvalue weighted by Gasteiger charge is 2.30. The molecular weight excluding hydrogens is 410 g/mol. The van der Waals surface area contributed by atoms with Gasteiger partial charge in [0, 0.05) is 17.1 Å². The van der Waals surface area contributed by atoms with Crippen LogP contribution in [0.1, 0.15) is 24.4 Å². The van der Waals surface area contributed by atoms with Crippen LogP contribution >= 0.6 is 23.4 Å². The molecule has 1 amide bonds. The number of hydrogen-bond donors (Lipinski definition) is 0. The molecule has 29 heavy (non-hydrogen) atoms. The molecule has 6 nitrogen and oxygen atoms in total. The average Bonchev–Trinajstić information content (AvgIpc) is 3.42. The van der Waals surface area contributed by atoms with Crippen molar-refractivity contribution in [3.05, 3.63) is 59.1 Å². The molecule has 1 saturated heterocycles. The van der Waals surface area contributed by atoms with Crippen LogP contribution in [0.5, 0.6) is 5.75 Å². The summed E-state index contributed by atoms with van der Waals surface area (Å²) in [4.78, 5) is 14.8. The lowest BCUT2D eigenvalue weighted by atomic mass is 10.0. The van der Waals surface area contributed by atoms with Crippen LogP contribution in [0, 0.1) is 0 Å². The van der Waals surface area contributed by atoms with Crippen molar-refractivity contribution in [3.63, 3.8) is 0 Å². The number of amides is 1. The van der Waals surface area contributed by atoms with Gasteiger partial charge in [-0.05, 0) is 54.8 Å². The Morgan fingerprint density at radius 3 is 2.69 bits per heavy atom. The second-order valence-corrected chi connectivity index (χ2v) is 8.05. The van der Waals surface area contributed by atoms with Crippen LogP contribution in [0.4, 0.5) is 0 Å². The molecule has 0 spiro atoms. The summed E-state index contributed by atoms with van der Waals surface area (Å²) in [6.45, 7) is 0.760. The van der Waals surface area contributed by atoms with Crippen molar-refractivity contribution >= 4 is 29.3 Å². The zero-order valence-corrected chi connectivity index (χ0v) is 17.4. The lowest BCUT2D eigenvalue weighted by Crippen LogP contribution is -2.31. The van der Waals surface area contributed by atoms with Gasteiger partial charge in [-0.15, -0.1) is 10.2 Å². The largest absolute Gasteiger partial charge is 0.497 e. The zero-order valence-electron chi connectivity index (χ0n) is 15.9. The van der Waals surface area contributed by atoms with E-state index in [-0.39, 0.29) is 17.7 Å². The first-order chi connectivity index (χ1) is 14.1. The Balaban J connectivity index is 1.38. The molecule has 0 radical (unpaired) electrons. The number of carbonyl (C=O) groups is 1. The van der Waals surface area contributed by atoms with Gasteiger partial charge < -0.3 is 14.1 Å². The highest BCUT2D eigenvalue weighted by atomic mass is 35.5. The summed E-state index contributed by atoms with van der Waals surface area (Å²) < 4.78 is 10.9. The van der Waals surface area contributed by atoms with Gasteiger partial charge in [-0.2, -0.15) is 0 Å². The van der Waals surface area contributed by atoms with E-state index in [1.165, 1.54) is 11.8 Å². The molecule has 8 heteroatoms. The smallest absolute Gasteiger partial charge is 0.277 e. The van der Waals surface area contributed by atoms with E-state index in [2.05, 4.69) is 10.2 Å². The van der Waals surface area contributed by atoms with E-state index < -0.39 is 0 Å². The number of ether oxygens (including phenoxy) is 1. The number of halogens is 1. The third kappa shape index (κ3) is 4.57. The quantitative estimate of drug-likeness (QED) is 0.521. The topological polar surface area (TPSA) is 68.5 Å². The van der Waals surface area contributed by atoms with Gasteiger partial charge in [-0.1, -0.05) is 35.5 Å². The number of nitrogens with zero attached hydrogens (tertiary/aromatic N) is 3. The molecule has 150 valence electrons. The van der Waals surface area contributed by atoms with Crippen LogP contribution in [-0.2, 0) is 4.79 Å². The summed E-state index contributed by atoms with van der Waals surface area (Å²) in [5.74, 6) is 1.55. The molecule has 4 rings (SSSR count). The second-order valence-electron chi connectivity index (χ2n) is 6.69. The molecule has 0 aliphatic carbocycles. The number of aromatic nitrogens is 2. The molecular formula is C21H20ClN3O3S. The van der Waals surface area contributed by atoms with Gasteiger partial charge in [0.25, 0.3) is 5.22 Å². The lowest BCUT2D eigenvalue weighted by Gasteiger charge is -2.25. The van der Waals surface area contributed by atoms with Crippen LogP contribution in [0.2, 0.25) is 5.02 Å². The molecule has 1 unspecified atom stereocenters. The molecule has 0 N–H and O–H groups in total. The van der Waals surface area contributed by atoms with E-state index in [4.69, 9.17) is 20.8 Å². The molecule has 3 aromatic rings. The Morgan fingerprint density at radius 1 is 1.21 bits per heavy atom. The Labute approximate surface area is 178 Å². The van der Waals surface area contributed by atoms with Crippen LogP contribution in [0.3, 0.4) is 0 Å². The Hall–Kier alpha value is -2.51. The maximum absolute atomic E-state index is 12.8.